The number of nitrogens with zero attached hydrogens (tertiary/aromatic N) is 1. The summed E-state index contributed by atoms with van der Waals surface area (Å²) in [6.45, 7) is 4.35. The Morgan fingerprint density at radius 1 is 1.42 bits per heavy atom. The highest BCUT2D eigenvalue weighted by Crippen LogP contribution is 2.39. The van der Waals surface area contributed by atoms with Crippen LogP contribution in [0, 0.1) is 11.8 Å². The molecule has 0 spiro atoms. The third-order valence-corrected chi connectivity index (χ3v) is 4.26. The first-order valence-electron chi connectivity index (χ1n) is 7.29. The van der Waals surface area contributed by atoms with Gasteiger partial charge in [-0.25, -0.2) is 0 Å². The average molecular weight is 261 g/mol. The Balaban J connectivity index is 1.99. The zero-order valence-electron chi connectivity index (χ0n) is 11.8. The molecule has 2 unspecified atom stereocenters. The second-order valence-electron chi connectivity index (χ2n) is 5.44. The summed E-state index contributed by atoms with van der Waals surface area (Å²) in [5.74, 6) is 0.997. The number of pyridine rings is 1. The molecule has 1 fully saturated rings. The molecular formula is C16H23NO2. The van der Waals surface area contributed by atoms with Crippen LogP contribution in [0.3, 0.4) is 0 Å². The Bertz CT molecular complexity index is 404. The summed E-state index contributed by atoms with van der Waals surface area (Å²) < 4.78 is 5.15. The van der Waals surface area contributed by atoms with Crippen molar-refractivity contribution in [2.45, 2.75) is 45.4 Å². The van der Waals surface area contributed by atoms with Crippen molar-refractivity contribution in [1.29, 1.82) is 0 Å². The third-order valence-electron chi connectivity index (χ3n) is 4.26. The number of ether oxygens (including phenoxy) is 1. The van der Waals surface area contributed by atoms with E-state index in [0.29, 0.717) is 18.4 Å². The van der Waals surface area contributed by atoms with Crippen molar-refractivity contribution in [2.24, 2.45) is 11.8 Å². The minimum absolute atomic E-state index is 0.0181. The molecule has 104 valence electrons. The van der Waals surface area contributed by atoms with Gasteiger partial charge in [0.15, 0.2) is 0 Å². The van der Waals surface area contributed by atoms with E-state index >= 15 is 0 Å². The van der Waals surface area contributed by atoms with Gasteiger partial charge < -0.3 is 4.74 Å². The Labute approximate surface area is 115 Å². The summed E-state index contributed by atoms with van der Waals surface area (Å²) in [5.41, 5.74) is 1.36. The van der Waals surface area contributed by atoms with Crippen LogP contribution in [0.15, 0.2) is 24.5 Å². The molecule has 1 saturated carbocycles. The number of carbonyl (C=O) groups excluding carboxylic acids is 1. The van der Waals surface area contributed by atoms with Gasteiger partial charge in [-0.2, -0.15) is 0 Å². The van der Waals surface area contributed by atoms with E-state index in [4.69, 9.17) is 4.74 Å². The van der Waals surface area contributed by atoms with E-state index in [-0.39, 0.29) is 11.9 Å². The molecule has 0 aromatic carbocycles. The molecule has 3 nitrogen and oxygen atoms in total. The molecule has 0 saturated heterocycles. The first kappa shape index (κ1) is 14.0. The van der Waals surface area contributed by atoms with Crippen LogP contribution in [-0.4, -0.2) is 17.6 Å². The number of hydrogen-bond donors (Lipinski definition) is 0. The molecule has 19 heavy (non-hydrogen) atoms. The molecule has 0 radical (unpaired) electrons. The van der Waals surface area contributed by atoms with Gasteiger partial charge in [0.2, 0.25) is 0 Å². The maximum atomic E-state index is 11.9. The van der Waals surface area contributed by atoms with Crippen molar-refractivity contribution < 1.29 is 9.53 Å². The van der Waals surface area contributed by atoms with E-state index < -0.39 is 0 Å². The third kappa shape index (κ3) is 3.55. The number of esters is 1. The summed E-state index contributed by atoms with van der Waals surface area (Å²) in [6.07, 6.45) is 8.35. The largest absolute Gasteiger partial charge is 0.466 e. The van der Waals surface area contributed by atoms with Crippen LogP contribution in [0.4, 0.5) is 0 Å². The van der Waals surface area contributed by atoms with Crippen LogP contribution < -0.4 is 0 Å². The smallest absolute Gasteiger partial charge is 0.308 e. The summed E-state index contributed by atoms with van der Waals surface area (Å²) in [5, 5.41) is 0. The second-order valence-corrected chi connectivity index (χ2v) is 5.44. The lowest BCUT2D eigenvalue weighted by Crippen LogP contribution is -2.27. The highest BCUT2D eigenvalue weighted by molar-refractivity contribution is 5.72. The number of carbonyl (C=O) groups is 1. The first-order chi connectivity index (χ1) is 9.22. The molecule has 1 aliphatic carbocycles. The van der Waals surface area contributed by atoms with E-state index in [2.05, 4.69) is 17.1 Å². The van der Waals surface area contributed by atoms with Crippen molar-refractivity contribution in [2.75, 3.05) is 6.61 Å². The van der Waals surface area contributed by atoms with Crippen LogP contribution in [0.1, 0.15) is 51.0 Å². The highest BCUT2D eigenvalue weighted by Gasteiger charge is 2.31. The molecular weight excluding hydrogens is 238 g/mol. The van der Waals surface area contributed by atoms with Crippen molar-refractivity contribution >= 4 is 5.97 Å². The van der Waals surface area contributed by atoms with E-state index in [9.17, 15) is 4.79 Å². The lowest BCUT2D eigenvalue weighted by Gasteiger charge is -2.32. The normalized spacial score (nSPS) is 24.7. The molecule has 3 atom stereocenters. The SMILES string of the molecule is CCOC(=O)C(C)C1CCC[C@@H](c2ccncc2)C1. The summed E-state index contributed by atoms with van der Waals surface area (Å²) in [6, 6.07) is 4.20. The predicted octanol–water partition coefficient (Wildman–Crippen LogP) is 3.55. The Morgan fingerprint density at radius 2 is 2.16 bits per heavy atom. The maximum Gasteiger partial charge on any atom is 0.308 e. The zero-order chi connectivity index (χ0) is 13.7. The molecule has 0 N–H and O–H groups in total. The van der Waals surface area contributed by atoms with Crippen LogP contribution in [0.2, 0.25) is 0 Å². The molecule has 0 aliphatic heterocycles. The molecule has 0 bridgehead atoms. The van der Waals surface area contributed by atoms with Crippen molar-refractivity contribution in [3.8, 4) is 0 Å². The van der Waals surface area contributed by atoms with Gasteiger partial charge in [-0.3, -0.25) is 9.78 Å². The monoisotopic (exact) mass is 261 g/mol. The topological polar surface area (TPSA) is 39.2 Å². The maximum absolute atomic E-state index is 11.9. The van der Waals surface area contributed by atoms with E-state index in [1.165, 1.54) is 18.4 Å². The Kier molecular flexibility index (Phi) is 4.94. The number of hydrogen-bond acceptors (Lipinski definition) is 3. The fourth-order valence-corrected chi connectivity index (χ4v) is 3.09. The number of aromatic nitrogens is 1. The van der Waals surface area contributed by atoms with Gasteiger partial charge in [-0.1, -0.05) is 13.3 Å². The van der Waals surface area contributed by atoms with Crippen LogP contribution in [-0.2, 0) is 9.53 Å². The summed E-state index contributed by atoms with van der Waals surface area (Å²) in [7, 11) is 0. The minimum Gasteiger partial charge on any atom is -0.466 e. The van der Waals surface area contributed by atoms with E-state index in [1.807, 2.05) is 26.2 Å². The van der Waals surface area contributed by atoms with Gasteiger partial charge in [0, 0.05) is 12.4 Å². The molecule has 1 heterocycles. The molecule has 1 aromatic heterocycles. The van der Waals surface area contributed by atoms with Gasteiger partial charge in [0.1, 0.15) is 0 Å². The van der Waals surface area contributed by atoms with E-state index in [1.54, 1.807) is 0 Å². The highest BCUT2D eigenvalue weighted by atomic mass is 16.5. The van der Waals surface area contributed by atoms with E-state index in [0.717, 1.165) is 12.8 Å². The lowest BCUT2D eigenvalue weighted by molar-refractivity contribution is -0.149. The van der Waals surface area contributed by atoms with Crippen LogP contribution in [0.5, 0.6) is 0 Å². The first-order valence-corrected chi connectivity index (χ1v) is 7.29. The van der Waals surface area contributed by atoms with Crippen LogP contribution in [0.25, 0.3) is 0 Å². The number of rotatable bonds is 4. The second kappa shape index (κ2) is 6.69. The van der Waals surface area contributed by atoms with Crippen LogP contribution >= 0.6 is 0 Å². The zero-order valence-corrected chi connectivity index (χ0v) is 11.8. The molecule has 3 heteroatoms. The quantitative estimate of drug-likeness (QED) is 0.778. The van der Waals surface area contributed by atoms with Crippen molar-refractivity contribution in [3.05, 3.63) is 30.1 Å². The summed E-state index contributed by atoms with van der Waals surface area (Å²) >= 11 is 0. The predicted molar refractivity (Wildman–Crippen MR) is 74.7 cm³/mol. The van der Waals surface area contributed by atoms with Crippen molar-refractivity contribution in [1.82, 2.24) is 4.98 Å². The molecule has 1 aliphatic rings. The average Bonchev–Trinajstić information content (AvgIpc) is 2.48. The Morgan fingerprint density at radius 3 is 2.84 bits per heavy atom. The Hall–Kier alpha value is -1.38. The minimum atomic E-state index is -0.0390. The summed E-state index contributed by atoms with van der Waals surface area (Å²) in [4.78, 5) is 15.9. The molecule has 0 amide bonds. The molecule has 2 rings (SSSR count). The van der Waals surface area contributed by atoms with Gasteiger partial charge in [-0.15, -0.1) is 0 Å². The standard InChI is InChI=1S/C16H23NO2/c1-3-19-16(18)12(2)14-5-4-6-15(11-14)13-7-9-17-10-8-13/h7-10,12,14-15H,3-6,11H2,1-2H3/t12?,14?,15-/m1/s1. The fourth-order valence-electron chi connectivity index (χ4n) is 3.09. The fraction of sp³-hybridized carbons (Fsp3) is 0.625. The van der Waals surface area contributed by atoms with Gasteiger partial charge in [0.25, 0.3) is 0 Å². The van der Waals surface area contributed by atoms with Gasteiger partial charge >= 0.3 is 5.97 Å². The van der Waals surface area contributed by atoms with Gasteiger partial charge in [-0.05, 0) is 55.7 Å². The lowest BCUT2D eigenvalue weighted by atomic mass is 9.73. The molecule has 1 aromatic rings. The van der Waals surface area contributed by atoms with Crippen molar-refractivity contribution in [3.63, 3.8) is 0 Å². The van der Waals surface area contributed by atoms with Gasteiger partial charge in [0.05, 0.1) is 12.5 Å².